The summed E-state index contributed by atoms with van der Waals surface area (Å²) in [6.07, 6.45) is 5.81. The lowest BCUT2D eigenvalue weighted by Gasteiger charge is -2.25. The molecule has 126 valence electrons. The fourth-order valence-corrected chi connectivity index (χ4v) is 3.50. The average molecular weight is 348 g/mol. The molecule has 1 N–H and O–H groups in total. The van der Waals surface area contributed by atoms with E-state index in [-0.39, 0.29) is 18.4 Å². The minimum atomic E-state index is -0.0173. The van der Waals surface area contributed by atoms with E-state index in [0.717, 1.165) is 30.8 Å². The van der Waals surface area contributed by atoms with Crippen molar-refractivity contribution >= 4 is 17.5 Å². The van der Waals surface area contributed by atoms with Crippen LogP contribution in [0.1, 0.15) is 17.8 Å². The lowest BCUT2D eigenvalue weighted by Crippen LogP contribution is -2.41. The van der Waals surface area contributed by atoms with Crippen LogP contribution in [0.4, 0.5) is 0 Å². The lowest BCUT2D eigenvalue weighted by molar-refractivity contribution is -0.121. The number of rotatable bonds is 3. The zero-order chi connectivity index (χ0) is 16.5. The summed E-state index contributed by atoms with van der Waals surface area (Å²) in [6.45, 7) is 1.75. The number of ether oxygens (including phenoxy) is 2. The van der Waals surface area contributed by atoms with Gasteiger partial charge < -0.3 is 19.4 Å². The third-order valence-electron chi connectivity index (χ3n) is 4.32. The Bertz CT molecular complexity index is 774. The van der Waals surface area contributed by atoms with Crippen molar-refractivity contribution in [3.8, 4) is 11.5 Å². The first-order valence-electron chi connectivity index (χ1n) is 8.06. The highest BCUT2D eigenvalue weighted by Gasteiger charge is 2.21. The Labute approximate surface area is 144 Å². The summed E-state index contributed by atoms with van der Waals surface area (Å²) < 4.78 is 13.1. The van der Waals surface area contributed by atoms with Crippen LogP contribution in [0.25, 0.3) is 0 Å². The molecule has 0 saturated heterocycles. The maximum absolute atomic E-state index is 12.4. The zero-order valence-electron chi connectivity index (χ0n) is 13.1. The highest BCUT2D eigenvalue weighted by molar-refractivity contribution is 6.32. The summed E-state index contributed by atoms with van der Waals surface area (Å²) >= 11 is 6.22. The van der Waals surface area contributed by atoms with Gasteiger partial charge in [-0.25, -0.2) is 4.98 Å². The zero-order valence-corrected chi connectivity index (χ0v) is 13.9. The maximum Gasteiger partial charge on any atom is 0.224 e. The fraction of sp³-hybridized carbons (Fsp3) is 0.412. The average Bonchev–Trinajstić information content (AvgIpc) is 3.02. The third-order valence-corrected chi connectivity index (χ3v) is 4.60. The van der Waals surface area contributed by atoms with Gasteiger partial charge in [-0.3, -0.25) is 4.79 Å². The number of aromatic nitrogens is 2. The topological polar surface area (TPSA) is 65.4 Å². The Morgan fingerprint density at radius 3 is 3.17 bits per heavy atom. The van der Waals surface area contributed by atoms with Gasteiger partial charge >= 0.3 is 0 Å². The number of hydrogen-bond donors (Lipinski definition) is 1. The van der Waals surface area contributed by atoms with Crippen LogP contribution in [-0.4, -0.2) is 34.7 Å². The van der Waals surface area contributed by atoms with E-state index < -0.39 is 0 Å². The van der Waals surface area contributed by atoms with Crippen molar-refractivity contribution in [1.29, 1.82) is 0 Å². The molecular formula is C17H18ClN3O3. The van der Waals surface area contributed by atoms with E-state index in [1.165, 1.54) is 0 Å². The standard InChI is InChI=1S/C17H18ClN3O3/c18-13-7-11(8-14-17(13)24-6-5-23-14)9-16(22)20-12-1-2-15-19-3-4-21(15)10-12/h3-4,7-8,12H,1-2,5-6,9-10H2,(H,20,22)/t12-/m0/s1. The number of fused-ring (bicyclic) bond motifs is 2. The van der Waals surface area contributed by atoms with Gasteiger partial charge in [-0.15, -0.1) is 0 Å². The van der Waals surface area contributed by atoms with Gasteiger partial charge in [0.1, 0.15) is 19.0 Å². The normalized spacial score (nSPS) is 18.8. The molecule has 3 heterocycles. The first-order chi connectivity index (χ1) is 11.7. The Balaban J connectivity index is 1.41. The number of nitrogens with one attached hydrogen (secondary N) is 1. The van der Waals surface area contributed by atoms with E-state index >= 15 is 0 Å². The van der Waals surface area contributed by atoms with Gasteiger partial charge in [0.2, 0.25) is 5.91 Å². The minimum Gasteiger partial charge on any atom is -0.486 e. The van der Waals surface area contributed by atoms with Gasteiger partial charge in [0.05, 0.1) is 11.4 Å². The molecule has 0 unspecified atom stereocenters. The van der Waals surface area contributed by atoms with Crippen LogP contribution >= 0.6 is 11.6 Å². The first-order valence-corrected chi connectivity index (χ1v) is 8.44. The van der Waals surface area contributed by atoms with Gasteiger partial charge in [-0.2, -0.15) is 0 Å². The van der Waals surface area contributed by atoms with Crippen molar-refractivity contribution < 1.29 is 14.3 Å². The number of carbonyl (C=O) groups excluding carboxylic acids is 1. The van der Waals surface area contributed by atoms with Crippen LogP contribution < -0.4 is 14.8 Å². The van der Waals surface area contributed by atoms with Crippen molar-refractivity contribution in [1.82, 2.24) is 14.9 Å². The minimum absolute atomic E-state index is 0.0173. The van der Waals surface area contributed by atoms with E-state index in [1.54, 1.807) is 12.3 Å². The summed E-state index contributed by atoms with van der Waals surface area (Å²) in [5.74, 6) is 2.24. The second kappa shape index (κ2) is 6.36. The molecular weight excluding hydrogens is 330 g/mol. The Hall–Kier alpha value is -2.21. The van der Waals surface area contributed by atoms with Gasteiger partial charge in [0.15, 0.2) is 11.5 Å². The van der Waals surface area contributed by atoms with Crippen LogP contribution in [0.3, 0.4) is 0 Å². The summed E-state index contributed by atoms with van der Waals surface area (Å²) in [5, 5.41) is 3.58. The number of hydrogen-bond acceptors (Lipinski definition) is 4. The van der Waals surface area contributed by atoms with Crippen molar-refractivity contribution in [2.45, 2.75) is 31.8 Å². The van der Waals surface area contributed by atoms with E-state index in [4.69, 9.17) is 21.1 Å². The number of nitrogens with zero attached hydrogens (tertiary/aromatic N) is 2. The van der Waals surface area contributed by atoms with Gasteiger partial charge in [-0.05, 0) is 24.1 Å². The molecule has 4 rings (SSSR count). The second-order valence-corrected chi connectivity index (χ2v) is 6.48. The highest BCUT2D eigenvalue weighted by Crippen LogP contribution is 2.38. The van der Waals surface area contributed by atoms with Crippen molar-refractivity contribution in [2.75, 3.05) is 13.2 Å². The van der Waals surface area contributed by atoms with Gasteiger partial charge in [-0.1, -0.05) is 11.6 Å². The number of aryl methyl sites for hydroxylation is 1. The Kier molecular flexibility index (Phi) is 4.06. The summed E-state index contributed by atoms with van der Waals surface area (Å²) in [6, 6.07) is 3.73. The van der Waals surface area contributed by atoms with Crippen LogP contribution in [-0.2, 0) is 24.2 Å². The number of carbonyl (C=O) groups is 1. The molecule has 7 heteroatoms. The second-order valence-electron chi connectivity index (χ2n) is 6.08. The molecule has 2 aromatic rings. The lowest BCUT2D eigenvalue weighted by atomic mass is 10.1. The van der Waals surface area contributed by atoms with Crippen molar-refractivity contribution in [2.24, 2.45) is 0 Å². The van der Waals surface area contributed by atoms with E-state index in [9.17, 15) is 4.79 Å². The first kappa shape index (κ1) is 15.3. The van der Waals surface area contributed by atoms with Crippen molar-refractivity contribution in [3.05, 3.63) is 40.9 Å². The van der Waals surface area contributed by atoms with E-state index in [0.29, 0.717) is 29.7 Å². The molecule has 1 aromatic heterocycles. The molecule has 1 atom stereocenters. The van der Waals surface area contributed by atoms with E-state index in [1.807, 2.05) is 12.3 Å². The summed E-state index contributed by atoms with van der Waals surface area (Å²) in [7, 11) is 0. The molecule has 2 aliphatic rings. The molecule has 1 amide bonds. The van der Waals surface area contributed by atoms with Gasteiger partial charge in [0, 0.05) is 31.4 Å². The number of imidazole rings is 1. The number of halogens is 1. The predicted molar refractivity (Wildman–Crippen MR) is 88.6 cm³/mol. The number of amides is 1. The molecule has 0 fully saturated rings. The molecule has 24 heavy (non-hydrogen) atoms. The van der Waals surface area contributed by atoms with Gasteiger partial charge in [0.25, 0.3) is 0 Å². The Morgan fingerprint density at radius 2 is 2.25 bits per heavy atom. The van der Waals surface area contributed by atoms with E-state index in [2.05, 4.69) is 14.9 Å². The largest absolute Gasteiger partial charge is 0.486 e. The summed E-state index contributed by atoms with van der Waals surface area (Å²) in [4.78, 5) is 16.7. The molecule has 0 bridgehead atoms. The molecule has 0 aliphatic carbocycles. The quantitative estimate of drug-likeness (QED) is 0.922. The summed E-state index contributed by atoms with van der Waals surface area (Å²) in [5.41, 5.74) is 0.820. The van der Waals surface area contributed by atoms with Crippen LogP contribution in [0.2, 0.25) is 5.02 Å². The van der Waals surface area contributed by atoms with Crippen LogP contribution in [0.15, 0.2) is 24.5 Å². The smallest absolute Gasteiger partial charge is 0.224 e. The van der Waals surface area contributed by atoms with Crippen molar-refractivity contribution in [3.63, 3.8) is 0 Å². The highest BCUT2D eigenvalue weighted by atomic mass is 35.5. The molecule has 0 spiro atoms. The maximum atomic E-state index is 12.4. The SMILES string of the molecule is O=C(Cc1cc(Cl)c2c(c1)OCCO2)N[C@H]1CCc2nccn2C1. The van der Waals surface area contributed by atoms with Crippen LogP contribution in [0, 0.1) is 0 Å². The third kappa shape index (κ3) is 3.06. The monoisotopic (exact) mass is 347 g/mol. The fourth-order valence-electron chi connectivity index (χ4n) is 3.21. The Morgan fingerprint density at radius 1 is 1.38 bits per heavy atom. The predicted octanol–water partition coefficient (Wildman–Crippen LogP) is 1.98. The molecule has 2 aliphatic heterocycles. The van der Waals surface area contributed by atoms with Crippen LogP contribution in [0.5, 0.6) is 11.5 Å². The molecule has 6 nitrogen and oxygen atoms in total. The molecule has 1 aromatic carbocycles. The molecule has 0 saturated carbocycles. The molecule has 0 radical (unpaired) electrons. The number of benzene rings is 1.